The summed E-state index contributed by atoms with van der Waals surface area (Å²) >= 11 is 9.35. The third-order valence-electron chi connectivity index (χ3n) is 2.40. The predicted molar refractivity (Wildman–Crippen MR) is 68.3 cm³/mol. The zero-order valence-corrected chi connectivity index (χ0v) is 11.1. The molecule has 0 unspecified atom stereocenters. The Hall–Kier alpha value is -0.890. The Morgan fingerprint density at radius 2 is 2.35 bits per heavy atom. The molecule has 2 heterocycles. The quantitative estimate of drug-likeness (QED) is 0.362. The molecule has 0 atom stereocenters. The van der Waals surface area contributed by atoms with E-state index < -0.39 is 0 Å². The van der Waals surface area contributed by atoms with E-state index in [1.54, 1.807) is 12.3 Å². The number of ether oxygens (including phenoxy) is 1. The zero-order valence-electron chi connectivity index (χ0n) is 8.81. The van der Waals surface area contributed by atoms with Crippen LogP contribution in [-0.4, -0.2) is 35.1 Å². The van der Waals surface area contributed by atoms with Gasteiger partial charge in [0.2, 0.25) is 0 Å². The van der Waals surface area contributed by atoms with Crippen molar-refractivity contribution in [1.29, 1.82) is 0 Å². The number of rotatable bonds is 2. The molecule has 1 aliphatic heterocycles. The molecule has 8 heteroatoms. The van der Waals surface area contributed by atoms with Gasteiger partial charge in [-0.1, -0.05) is 11.6 Å². The second-order valence-corrected chi connectivity index (χ2v) is 4.86. The van der Waals surface area contributed by atoms with Gasteiger partial charge >= 0.3 is 0 Å². The molecule has 6 nitrogen and oxygen atoms in total. The fourth-order valence-corrected chi connectivity index (χ4v) is 2.10. The van der Waals surface area contributed by atoms with Crippen LogP contribution in [-0.2, 0) is 4.74 Å². The van der Waals surface area contributed by atoms with Crippen LogP contribution in [0.2, 0.25) is 5.02 Å². The standard InChI is InChI=1S/C9H11BrClN5O/c10-5-1-7(11)8(14-2-5)9(15-12)16(13)6-3-17-4-6/h1-2,6H,3-4,12-13H2/b15-9-. The number of hydrazine groups is 1. The fourth-order valence-electron chi connectivity index (χ4n) is 1.39. The van der Waals surface area contributed by atoms with E-state index in [1.807, 2.05) is 0 Å². The lowest BCUT2D eigenvalue weighted by Crippen LogP contribution is -2.56. The smallest absolute Gasteiger partial charge is 0.190 e. The van der Waals surface area contributed by atoms with Crippen LogP contribution >= 0.6 is 27.5 Å². The molecule has 0 aromatic carbocycles. The van der Waals surface area contributed by atoms with Crippen LogP contribution in [0.3, 0.4) is 0 Å². The molecule has 17 heavy (non-hydrogen) atoms. The van der Waals surface area contributed by atoms with Crippen molar-refractivity contribution >= 4 is 33.4 Å². The summed E-state index contributed by atoms with van der Waals surface area (Å²) in [4.78, 5) is 4.16. The van der Waals surface area contributed by atoms with E-state index in [1.165, 1.54) is 5.01 Å². The molecule has 0 radical (unpaired) electrons. The molecule has 0 aliphatic carbocycles. The lowest BCUT2D eigenvalue weighted by atomic mass is 10.2. The molecular formula is C9H11BrClN5O. The highest BCUT2D eigenvalue weighted by Gasteiger charge is 2.28. The first-order valence-electron chi connectivity index (χ1n) is 4.84. The van der Waals surface area contributed by atoms with Gasteiger partial charge in [-0.3, -0.25) is 9.99 Å². The molecule has 1 aliphatic rings. The van der Waals surface area contributed by atoms with E-state index in [0.717, 1.165) is 4.47 Å². The molecule has 2 rings (SSSR count). The highest BCUT2D eigenvalue weighted by Crippen LogP contribution is 2.21. The Balaban J connectivity index is 2.28. The maximum atomic E-state index is 6.07. The van der Waals surface area contributed by atoms with Crippen molar-refractivity contribution in [2.45, 2.75) is 6.04 Å². The number of amidine groups is 1. The molecule has 1 fully saturated rings. The Bertz CT molecular complexity index is 451. The van der Waals surface area contributed by atoms with Crippen molar-refractivity contribution in [1.82, 2.24) is 9.99 Å². The van der Waals surface area contributed by atoms with Crippen molar-refractivity contribution in [2.75, 3.05) is 13.2 Å². The normalized spacial score (nSPS) is 16.8. The van der Waals surface area contributed by atoms with Gasteiger partial charge in [0.05, 0.1) is 24.3 Å². The minimum absolute atomic E-state index is 0.0545. The molecule has 1 aromatic heterocycles. The van der Waals surface area contributed by atoms with Crippen molar-refractivity contribution in [2.24, 2.45) is 16.8 Å². The third-order valence-corrected chi connectivity index (χ3v) is 3.12. The Kier molecular flexibility index (Phi) is 3.82. The minimum atomic E-state index is 0.0545. The van der Waals surface area contributed by atoms with Crippen LogP contribution in [0.1, 0.15) is 5.69 Å². The molecule has 4 N–H and O–H groups in total. The number of aromatic nitrogens is 1. The number of hydrazone groups is 1. The van der Waals surface area contributed by atoms with Gasteiger partial charge in [-0.25, -0.2) is 5.84 Å². The average Bonchev–Trinajstić information content (AvgIpc) is 2.19. The lowest BCUT2D eigenvalue weighted by molar-refractivity contribution is -0.0417. The molecule has 0 spiro atoms. The van der Waals surface area contributed by atoms with Crippen LogP contribution in [0.15, 0.2) is 21.8 Å². The Labute approximate surface area is 112 Å². The van der Waals surface area contributed by atoms with Crippen LogP contribution in [0.5, 0.6) is 0 Å². The van der Waals surface area contributed by atoms with Crippen molar-refractivity contribution < 1.29 is 4.74 Å². The van der Waals surface area contributed by atoms with Crippen LogP contribution in [0.4, 0.5) is 0 Å². The minimum Gasteiger partial charge on any atom is -0.377 e. The first-order chi connectivity index (χ1) is 8.13. The second-order valence-electron chi connectivity index (χ2n) is 3.54. The van der Waals surface area contributed by atoms with Gasteiger partial charge in [0.25, 0.3) is 0 Å². The van der Waals surface area contributed by atoms with E-state index in [4.69, 9.17) is 28.0 Å². The van der Waals surface area contributed by atoms with Crippen LogP contribution in [0, 0.1) is 0 Å². The van der Waals surface area contributed by atoms with Gasteiger partial charge in [0.15, 0.2) is 5.84 Å². The summed E-state index contributed by atoms with van der Waals surface area (Å²) in [6.07, 6.45) is 1.61. The van der Waals surface area contributed by atoms with Crippen molar-refractivity contribution in [3.8, 4) is 0 Å². The highest BCUT2D eigenvalue weighted by molar-refractivity contribution is 9.10. The molecular weight excluding hydrogens is 309 g/mol. The van der Waals surface area contributed by atoms with Gasteiger partial charge in [-0.15, -0.1) is 0 Å². The van der Waals surface area contributed by atoms with Gasteiger partial charge < -0.3 is 10.6 Å². The zero-order chi connectivity index (χ0) is 12.4. The number of hydrogen-bond donors (Lipinski definition) is 2. The second kappa shape index (κ2) is 5.18. The van der Waals surface area contributed by atoms with Gasteiger partial charge in [0, 0.05) is 10.7 Å². The topological polar surface area (TPSA) is 89.8 Å². The summed E-state index contributed by atoms with van der Waals surface area (Å²) in [6.45, 7) is 1.09. The number of hydrogen-bond acceptors (Lipinski definition) is 5. The first-order valence-corrected chi connectivity index (χ1v) is 6.01. The summed E-state index contributed by atoms with van der Waals surface area (Å²) in [5, 5.41) is 5.52. The summed E-state index contributed by atoms with van der Waals surface area (Å²) in [5.74, 6) is 11.6. The third kappa shape index (κ3) is 2.52. The molecule has 1 saturated heterocycles. The summed E-state index contributed by atoms with van der Waals surface area (Å²) in [7, 11) is 0. The van der Waals surface area contributed by atoms with E-state index >= 15 is 0 Å². The summed E-state index contributed by atoms with van der Waals surface area (Å²) in [5.41, 5.74) is 0.451. The number of halogens is 2. The highest BCUT2D eigenvalue weighted by atomic mass is 79.9. The number of nitrogens with zero attached hydrogens (tertiary/aromatic N) is 3. The van der Waals surface area contributed by atoms with Gasteiger partial charge in [-0.05, 0) is 22.0 Å². The molecule has 1 aromatic rings. The van der Waals surface area contributed by atoms with Gasteiger partial charge in [-0.2, -0.15) is 5.10 Å². The SMILES string of the molecule is N/N=C(/c1ncc(Br)cc1Cl)N(N)C1COC1. The molecule has 0 saturated carbocycles. The van der Waals surface area contributed by atoms with E-state index in [0.29, 0.717) is 29.8 Å². The maximum Gasteiger partial charge on any atom is 0.190 e. The van der Waals surface area contributed by atoms with Crippen molar-refractivity contribution in [3.63, 3.8) is 0 Å². The Morgan fingerprint density at radius 1 is 1.65 bits per heavy atom. The summed E-state index contributed by atoms with van der Waals surface area (Å²) < 4.78 is 5.83. The fraction of sp³-hybridized carbons (Fsp3) is 0.333. The largest absolute Gasteiger partial charge is 0.377 e. The van der Waals surface area contributed by atoms with Gasteiger partial charge in [0.1, 0.15) is 5.69 Å². The average molecular weight is 321 g/mol. The number of pyridine rings is 1. The molecule has 92 valence electrons. The first kappa shape index (κ1) is 12.6. The van der Waals surface area contributed by atoms with E-state index in [-0.39, 0.29) is 6.04 Å². The van der Waals surface area contributed by atoms with Crippen LogP contribution in [0.25, 0.3) is 0 Å². The summed E-state index contributed by atoms with van der Waals surface area (Å²) in [6, 6.07) is 1.76. The van der Waals surface area contributed by atoms with Crippen LogP contribution < -0.4 is 11.7 Å². The van der Waals surface area contributed by atoms with E-state index in [9.17, 15) is 0 Å². The van der Waals surface area contributed by atoms with E-state index in [2.05, 4.69) is 26.0 Å². The maximum absolute atomic E-state index is 6.07. The lowest BCUT2D eigenvalue weighted by Gasteiger charge is -2.35. The Morgan fingerprint density at radius 3 is 2.82 bits per heavy atom. The van der Waals surface area contributed by atoms with Crippen molar-refractivity contribution in [3.05, 3.63) is 27.5 Å². The predicted octanol–water partition coefficient (Wildman–Crippen LogP) is 0.692. The molecule has 0 amide bonds. The monoisotopic (exact) mass is 319 g/mol. The number of nitrogens with two attached hydrogens (primary N) is 2. The molecule has 0 bridgehead atoms.